The maximum absolute atomic E-state index is 12.1. The summed E-state index contributed by atoms with van der Waals surface area (Å²) in [7, 11) is 0. The Morgan fingerprint density at radius 1 is 1.00 bits per heavy atom. The van der Waals surface area contributed by atoms with Crippen LogP contribution in [0.1, 0.15) is 22.8 Å². The number of nitrogens with one attached hydrogen (secondary N) is 3. The van der Waals surface area contributed by atoms with Gasteiger partial charge in [-0.05, 0) is 36.8 Å². The Morgan fingerprint density at radius 2 is 1.75 bits per heavy atom. The van der Waals surface area contributed by atoms with Crippen LogP contribution in [0.3, 0.4) is 0 Å². The Hall–Kier alpha value is -3.81. The fourth-order valence-electron chi connectivity index (χ4n) is 2.40. The summed E-state index contributed by atoms with van der Waals surface area (Å²) in [6, 6.07) is 13.1. The molecule has 1 heterocycles. The molecule has 144 valence electrons. The summed E-state index contributed by atoms with van der Waals surface area (Å²) >= 11 is 0. The molecule has 0 radical (unpaired) electrons. The first-order valence-corrected chi connectivity index (χ1v) is 8.56. The lowest BCUT2D eigenvalue weighted by molar-refractivity contribution is -0.127. The van der Waals surface area contributed by atoms with E-state index in [0.717, 1.165) is 5.56 Å². The average Bonchev–Trinajstić information content (AvgIpc) is 3.18. The van der Waals surface area contributed by atoms with Gasteiger partial charge in [-0.3, -0.25) is 25.2 Å². The predicted octanol–water partition coefficient (Wildman–Crippen LogP) is 1.39. The molecule has 8 heteroatoms. The number of fused-ring (bicyclic) bond motifs is 1. The van der Waals surface area contributed by atoms with E-state index in [4.69, 9.17) is 9.47 Å². The molecule has 0 fully saturated rings. The predicted molar refractivity (Wildman–Crippen MR) is 101 cm³/mol. The Balaban J connectivity index is 1.46. The molecule has 3 amide bonds. The number of amides is 3. The van der Waals surface area contributed by atoms with E-state index in [1.165, 1.54) is 19.1 Å². The minimum absolute atomic E-state index is 0.104. The van der Waals surface area contributed by atoms with Crippen LogP contribution in [-0.2, 0) is 9.59 Å². The highest BCUT2D eigenvalue weighted by Crippen LogP contribution is 2.32. The molecular formula is C20H19N3O5. The van der Waals surface area contributed by atoms with Crippen LogP contribution in [0.25, 0.3) is 6.08 Å². The van der Waals surface area contributed by atoms with E-state index in [0.29, 0.717) is 17.1 Å². The highest BCUT2D eigenvalue weighted by molar-refractivity contribution is 5.98. The fraction of sp³-hybridized carbons (Fsp3) is 0.150. The number of hydrogen-bond donors (Lipinski definition) is 3. The molecular weight excluding hydrogens is 362 g/mol. The molecule has 0 bridgehead atoms. The van der Waals surface area contributed by atoms with Crippen molar-refractivity contribution in [3.05, 3.63) is 65.7 Å². The zero-order chi connectivity index (χ0) is 19.9. The van der Waals surface area contributed by atoms with Gasteiger partial charge in [0.15, 0.2) is 11.5 Å². The van der Waals surface area contributed by atoms with Gasteiger partial charge in [0.05, 0.1) is 0 Å². The second-order valence-electron chi connectivity index (χ2n) is 5.99. The van der Waals surface area contributed by atoms with E-state index in [-0.39, 0.29) is 6.79 Å². The van der Waals surface area contributed by atoms with E-state index in [1.54, 1.807) is 18.2 Å². The van der Waals surface area contributed by atoms with E-state index in [2.05, 4.69) is 16.2 Å². The highest BCUT2D eigenvalue weighted by Gasteiger charge is 2.18. The molecule has 0 aliphatic carbocycles. The summed E-state index contributed by atoms with van der Waals surface area (Å²) in [6.07, 6.45) is 2.98. The first kappa shape index (κ1) is 19.0. The van der Waals surface area contributed by atoms with Gasteiger partial charge in [0, 0.05) is 11.6 Å². The third-order valence-corrected chi connectivity index (χ3v) is 3.91. The number of carbonyl (C=O) groups excluding carboxylic acids is 3. The summed E-state index contributed by atoms with van der Waals surface area (Å²) in [4.78, 5) is 36.1. The molecule has 1 aliphatic rings. The van der Waals surface area contributed by atoms with Gasteiger partial charge in [-0.1, -0.05) is 30.3 Å². The number of hydrazine groups is 1. The van der Waals surface area contributed by atoms with Crippen molar-refractivity contribution in [3.63, 3.8) is 0 Å². The second kappa shape index (κ2) is 8.72. The number of rotatable bonds is 5. The van der Waals surface area contributed by atoms with Crippen LogP contribution in [0.5, 0.6) is 11.5 Å². The molecule has 2 aromatic rings. The van der Waals surface area contributed by atoms with Gasteiger partial charge < -0.3 is 14.8 Å². The molecule has 28 heavy (non-hydrogen) atoms. The molecule has 0 unspecified atom stereocenters. The van der Waals surface area contributed by atoms with Crippen molar-refractivity contribution in [1.29, 1.82) is 0 Å². The standard InChI is InChI=1S/C20H19N3O5/c1-13(21-18(24)10-7-14-5-3-2-4-6-14)19(25)22-23-20(26)15-8-9-16-17(11-15)28-12-27-16/h2-11,13H,12H2,1H3,(H,21,24)(H,22,25)(H,23,26)/b10-7+/t13-/m0/s1. The lowest BCUT2D eigenvalue weighted by Crippen LogP contribution is -2.50. The summed E-state index contributed by atoms with van der Waals surface area (Å²) < 4.78 is 10.4. The smallest absolute Gasteiger partial charge is 0.269 e. The summed E-state index contributed by atoms with van der Waals surface area (Å²) in [5.41, 5.74) is 5.74. The van der Waals surface area contributed by atoms with E-state index < -0.39 is 23.8 Å². The molecule has 0 aromatic heterocycles. The van der Waals surface area contributed by atoms with E-state index >= 15 is 0 Å². The number of hydrogen-bond acceptors (Lipinski definition) is 5. The molecule has 8 nitrogen and oxygen atoms in total. The Morgan fingerprint density at radius 3 is 2.54 bits per heavy atom. The molecule has 3 rings (SSSR count). The number of carbonyl (C=O) groups is 3. The maximum Gasteiger partial charge on any atom is 0.269 e. The fourth-order valence-corrected chi connectivity index (χ4v) is 2.40. The first-order valence-electron chi connectivity index (χ1n) is 8.56. The van der Waals surface area contributed by atoms with Crippen molar-refractivity contribution in [1.82, 2.24) is 16.2 Å². The van der Waals surface area contributed by atoms with Crippen LogP contribution in [0.2, 0.25) is 0 Å². The van der Waals surface area contributed by atoms with Gasteiger partial charge in [-0.15, -0.1) is 0 Å². The molecule has 1 aliphatic heterocycles. The Kier molecular flexibility index (Phi) is 5.91. The summed E-state index contributed by atoms with van der Waals surface area (Å²) in [5.74, 6) is -0.483. The SMILES string of the molecule is C[C@H](NC(=O)/C=C/c1ccccc1)C(=O)NNC(=O)c1ccc2c(c1)OCO2. The molecule has 1 atom stereocenters. The van der Waals surface area contributed by atoms with E-state index in [9.17, 15) is 14.4 Å². The third-order valence-electron chi connectivity index (χ3n) is 3.91. The second-order valence-corrected chi connectivity index (χ2v) is 5.99. The third kappa shape index (κ3) is 4.88. The number of benzene rings is 2. The minimum Gasteiger partial charge on any atom is -0.454 e. The van der Waals surface area contributed by atoms with Crippen molar-refractivity contribution in [2.45, 2.75) is 13.0 Å². The van der Waals surface area contributed by atoms with Crippen molar-refractivity contribution in [2.24, 2.45) is 0 Å². The van der Waals surface area contributed by atoms with E-state index in [1.807, 2.05) is 30.3 Å². The highest BCUT2D eigenvalue weighted by atomic mass is 16.7. The van der Waals surface area contributed by atoms with Gasteiger partial charge >= 0.3 is 0 Å². The van der Waals surface area contributed by atoms with Crippen LogP contribution >= 0.6 is 0 Å². The van der Waals surface area contributed by atoms with Crippen molar-refractivity contribution < 1.29 is 23.9 Å². The Bertz CT molecular complexity index is 911. The van der Waals surface area contributed by atoms with Crippen molar-refractivity contribution in [2.75, 3.05) is 6.79 Å². The molecule has 3 N–H and O–H groups in total. The van der Waals surface area contributed by atoms with Crippen LogP contribution in [-0.4, -0.2) is 30.6 Å². The topological polar surface area (TPSA) is 106 Å². The van der Waals surface area contributed by atoms with Gasteiger partial charge in [0.2, 0.25) is 12.7 Å². The number of ether oxygens (including phenoxy) is 2. The zero-order valence-corrected chi connectivity index (χ0v) is 15.1. The quantitative estimate of drug-likeness (QED) is 0.536. The van der Waals surface area contributed by atoms with Crippen molar-refractivity contribution in [3.8, 4) is 11.5 Å². The van der Waals surface area contributed by atoms with Crippen molar-refractivity contribution >= 4 is 23.8 Å². The summed E-state index contributed by atoms with van der Waals surface area (Å²) in [6.45, 7) is 1.61. The minimum atomic E-state index is -0.843. The molecule has 0 saturated carbocycles. The first-order chi connectivity index (χ1) is 13.5. The zero-order valence-electron chi connectivity index (χ0n) is 15.1. The van der Waals surface area contributed by atoms with Gasteiger partial charge in [-0.2, -0.15) is 0 Å². The lowest BCUT2D eigenvalue weighted by Gasteiger charge is -2.13. The van der Waals surface area contributed by atoms with Gasteiger partial charge in [0.25, 0.3) is 11.8 Å². The summed E-state index contributed by atoms with van der Waals surface area (Å²) in [5, 5.41) is 2.52. The normalized spacial score (nSPS) is 13.0. The Labute approximate surface area is 161 Å². The molecule has 0 spiro atoms. The lowest BCUT2D eigenvalue weighted by atomic mass is 10.2. The molecule has 2 aromatic carbocycles. The van der Waals surface area contributed by atoms with Gasteiger partial charge in [-0.25, -0.2) is 0 Å². The van der Waals surface area contributed by atoms with Crippen LogP contribution in [0.4, 0.5) is 0 Å². The average molecular weight is 381 g/mol. The van der Waals surface area contributed by atoms with Crippen LogP contribution in [0.15, 0.2) is 54.6 Å². The van der Waals surface area contributed by atoms with Crippen LogP contribution in [0, 0.1) is 0 Å². The maximum atomic E-state index is 12.1. The molecule has 0 saturated heterocycles. The van der Waals surface area contributed by atoms with Gasteiger partial charge in [0.1, 0.15) is 6.04 Å². The van der Waals surface area contributed by atoms with Crippen LogP contribution < -0.4 is 25.6 Å². The largest absolute Gasteiger partial charge is 0.454 e. The monoisotopic (exact) mass is 381 g/mol.